The third kappa shape index (κ3) is 0.857. The Labute approximate surface area is 45.3 Å². The van der Waals surface area contributed by atoms with Gasteiger partial charge in [0.15, 0.2) is 0 Å². The van der Waals surface area contributed by atoms with Crippen LogP contribution in [0.1, 0.15) is 12.1 Å². The van der Waals surface area contributed by atoms with Crippen molar-refractivity contribution in [3.63, 3.8) is 0 Å². The van der Waals surface area contributed by atoms with Gasteiger partial charge in [0, 0.05) is 12.3 Å². The molecule has 0 fully saturated rings. The van der Waals surface area contributed by atoms with Crippen LogP contribution >= 0.6 is 0 Å². The normalized spacial score (nSPS) is 10.4. The van der Waals surface area contributed by atoms with Crippen LogP contribution in [0.15, 0.2) is 12.3 Å². The lowest BCUT2D eigenvalue weighted by molar-refractivity contribution is 0.147. The molecule has 1 aromatic rings. The van der Waals surface area contributed by atoms with Crippen LogP contribution in [0.4, 0.5) is 8.78 Å². The second-order valence-corrected chi connectivity index (χ2v) is 1.36. The SMILES string of the molecule is FC(F)c1c[c]c[nH]1. The van der Waals surface area contributed by atoms with E-state index in [1.165, 1.54) is 12.3 Å². The number of nitrogens with one attached hydrogen (secondary N) is 1. The number of halogens is 2. The number of aromatic amines is 1. The maximum absolute atomic E-state index is 11.5. The molecule has 0 saturated heterocycles. The summed E-state index contributed by atoms with van der Waals surface area (Å²) < 4.78 is 23.1. The van der Waals surface area contributed by atoms with E-state index >= 15 is 0 Å². The highest BCUT2D eigenvalue weighted by Crippen LogP contribution is 2.14. The van der Waals surface area contributed by atoms with Gasteiger partial charge in [0.25, 0.3) is 6.43 Å². The monoisotopic (exact) mass is 116 g/mol. The maximum atomic E-state index is 11.5. The van der Waals surface area contributed by atoms with E-state index in [2.05, 4.69) is 11.1 Å². The molecule has 0 unspecified atom stereocenters. The van der Waals surface area contributed by atoms with Gasteiger partial charge < -0.3 is 4.98 Å². The molecule has 1 rings (SSSR count). The van der Waals surface area contributed by atoms with Crippen LogP contribution in [0.25, 0.3) is 0 Å². The zero-order valence-corrected chi connectivity index (χ0v) is 3.99. The van der Waals surface area contributed by atoms with Gasteiger partial charge in [-0.05, 0) is 6.07 Å². The summed E-state index contributed by atoms with van der Waals surface area (Å²) in [6.07, 6.45) is -1.05. The summed E-state index contributed by atoms with van der Waals surface area (Å²) in [4.78, 5) is 2.33. The average molecular weight is 116 g/mol. The number of hydrogen-bond acceptors (Lipinski definition) is 0. The van der Waals surface area contributed by atoms with Gasteiger partial charge in [-0.1, -0.05) is 0 Å². The predicted molar refractivity (Wildman–Crippen MR) is 24.6 cm³/mol. The molecule has 0 atom stereocenters. The van der Waals surface area contributed by atoms with Crippen LogP contribution in [0.2, 0.25) is 0 Å². The van der Waals surface area contributed by atoms with Crippen LogP contribution in [0.3, 0.4) is 0 Å². The van der Waals surface area contributed by atoms with E-state index in [9.17, 15) is 8.78 Å². The van der Waals surface area contributed by atoms with Crippen molar-refractivity contribution in [3.8, 4) is 0 Å². The fraction of sp³-hybridized carbons (Fsp3) is 0.200. The first kappa shape index (κ1) is 5.28. The summed E-state index contributed by atoms with van der Waals surface area (Å²) in [5.74, 6) is 0. The molecule has 1 heterocycles. The molecular weight excluding hydrogens is 112 g/mol. The lowest BCUT2D eigenvalue weighted by Crippen LogP contribution is -1.79. The van der Waals surface area contributed by atoms with Gasteiger partial charge in [-0.2, -0.15) is 0 Å². The first-order valence-electron chi connectivity index (χ1n) is 2.13. The molecule has 0 aliphatic carbocycles. The summed E-state index contributed by atoms with van der Waals surface area (Å²) in [5.41, 5.74) is -0.0787. The summed E-state index contributed by atoms with van der Waals surface area (Å²) in [5, 5.41) is 0. The Balaban J connectivity index is 2.77. The smallest absolute Gasteiger partial charge is 0.278 e. The minimum absolute atomic E-state index is 0.0787. The van der Waals surface area contributed by atoms with Crippen LogP contribution in [0.5, 0.6) is 0 Å². The van der Waals surface area contributed by atoms with Crippen molar-refractivity contribution >= 4 is 0 Å². The van der Waals surface area contributed by atoms with Crippen LogP contribution in [-0.2, 0) is 0 Å². The summed E-state index contributed by atoms with van der Waals surface area (Å²) in [7, 11) is 0. The lowest BCUT2D eigenvalue weighted by Gasteiger charge is -1.88. The van der Waals surface area contributed by atoms with E-state index in [1.54, 1.807) is 0 Å². The third-order valence-corrected chi connectivity index (χ3v) is 0.796. The molecule has 0 aromatic carbocycles. The molecule has 1 nitrogen and oxygen atoms in total. The van der Waals surface area contributed by atoms with E-state index in [1.807, 2.05) is 0 Å². The standard InChI is InChI=1S/C5H4F2N/c6-5(7)4-2-1-3-8-4/h2-3,5,8H. The fourth-order valence-corrected chi connectivity index (χ4v) is 0.424. The summed E-state index contributed by atoms with van der Waals surface area (Å²) in [6, 6.07) is 3.70. The van der Waals surface area contributed by atoms with Crippen molar-refractivity contribution in [2.24, 2.45) is 0 Å². The summed E-state index contributed by atoms with van der Waals surface area (Å²) >= 11 is 0. The Morgan fingerprint density at radius 2 is 2.38 bits per heavy atom. The average Bonchev–Trinajstić information content (AvgIpc) is 2.12. The van der Waals surface area contributed by atoms with Gasteiger partial charge in [-0.25, -0.2) is 8.78 Å². The fourth-order valence-electron chi connectivity index (χ4n) is 0.424. The second-order valence-electron chi connectivity index (χ2n) is 1.36. The van der Waals surface area contributed by atoms with Gasteiger partial charge in [-0.3, -0.25) is 0 Å². The number of aromatic nitrogens is 1. The zero-order valence-electron chi connectivity index (χ0n) is 3.99. The van der Waals surface area contributed by atoms with E-state index in [4.69, 9.17) is 0 Å². The molecular formula is C5H4F2N. The Bertz CT molecular complexity index is 145. The Hall–Kier alpha value is -0.860. The zero-order chi connectivity index (χ0) is 5.98. The second kappa shape index (κ2) is 1.94. The quantitative estimate of drug-likeness (QED) is 0.575. The van der Waals surface area contributed by atoms with Crippen molar-refractivity contribution in [1.29, 1.82) is 0 Å². The van der Waals surface area contributed by atoms with Crippen molar-refractivity contribution in [1.82, 2.24) is 4.98 Å². The number of H-pyrrole nitrogens is 1. The topological polar surface area (TPSA) is 15.8 Å². The highest BCUT2D eigenvalue weighted by atomic mass is 19.3. The van der Waals surface area contributed by atoms with Crippen molar-refractivity contribution < 1.29 is 8.78 Å². The molecule has 1 radical (unpaired) electrons. The van der Waals surface area contributed by atoms with Crippen molar-refractivity contribution in [2.45, 2.75) is 6.43 Å². The Morgan fingerprint density at radius 1 is 1.62 bits per heavy atom. The van der Waals surface area contributed by atoms with Gasteiger partial charge >= 0.3 is 0 Å². The van der Waals surface area contributed by atoms with Gasteiger partial charge in [0.2, 0.25) is 0 Å². The van der Waals surface area contributed by atoms with E-state index in [-0.39, 0.29) is 5.69 Å². The molecule has 0 aliphatic rings. The number of hydrogen-bond donors (Lipinski definition) is 1. The molecule has 0 spiro atoms. The van der Waals surface area contributed by atoms with Gasteiger partial charge in [0.05, 0.1) is 5.69 Å². The lowest BCUT2D eigenvalue weighted by atomic mass is 10.5. The minimum Gasteiger partial charge on any atom is -0.360 e. The van der Waals surface area contributed by atoms with Gasteiger partial charge in [0.1, 0.15) is 0 Å². The molecule has 3 heteroatoms. The molecule has 43 valence electrons. The van der Waals surface area contributed by atoms with Crippen molar-refractivity contribution in [2.75, 3.05) is 0 Å². The molecule has 0 aliphatic heterocycles. The first-order valence-corrected chi connectivity index (χ1v) is 2.13. The third-order valence-electron chi connectivity index (χ3n) is 0.796. The largest absolute Gasteiger partial charge is 0.360 e. The number of alkyl halides is 2. The Morgan fingerprint density at radius 3 is 2.62 bits per heavy atom. The highest BCUT2D eigenvalue weighted by Gasteiger charge is 2.04. The highest BCUT2D eigenvalue weighted by molar-refractivity contribution is 5.02. The molecule has 0 amide bonds. The molecule has 1 aromatic heterocycles. The molecule has 1 N–H and O–H groups in total. The minimum atomic E-state index is -2.40. The van der Waals surface area contributed by atoms with Crippen molar-refractivity contribution in [3.05, 3.63) is 24.0 Å². The van der Waals surface area contributed by atoms with E-state index < -0.39 is 6.43 Å². The molecule has 8 heavy (non-hydrogen) atoms. The Kier molecular flexibility index (Phi) is 1.28. The number of rotatable bonds is 1. The van der Waals surface area contributed by atoms with E-state index in [0.717, 1.165) is 0 Å². The van der Waals surface area contributed by atoms with Crippen LogP contribution in [0, 0.1) is 6.07 Å². The maximum Gasteiger partial charge on any atom is 0.278 e. The summed E-state index contributed by atoms with van der Waals surface area (Å²) in [6.45, 7) is 0. The van der Waals surface area contributed by atoms with Gasteiger partial charge in [-0.15, -0.1) is 0 Å². The molecule has 0 saturated carbocycles. The molecule has 0 bridgehead atoms. The first-order chi connectivity index (χ1) is 3.80. The van der Waals surface area contributed by atoms with E-state index in [0.29, 0.717) is 0 Å². The van der Waals surface area contributed by atoms with Crippen LogP contribution in [-0.4, -0.2) is 4.98 Å². The predicted octanol–water partition coefficient (Wildman–Crippen LogP) is 1.75. The van der Waals surface area contributed by atoms with Crippen LogP contribution < -0.4 is 0 Å².